The van der Waals surface area contributed by atoms with Crippen LogP contribution in [0.15, 0.2) is 24.3 Å². The summed E-state index contributed by atoms with van der Waals surface area (Å²) in [5.41, 5.74) is 0.886. The third-order valence-corrected chi connectivity index (χ3v) is 5.87. The zero-order valence-corrected chi connectivity index (χ0v) is 16.2. The summed E-state index contributed by atoms with van der Waals surface area (Å²) in [5.74, 6) is 0.304. The van der Waals surface area contributed by atoms with Gasteiger partial charge in [0.25, 0.3) is 0 Å². The summed E-state index contributed by atoms with van der Waals surface area (Å²) in [6.45, 7) is 7.72. The third-order valence-electron chi connectivity index (χ3n) is 4.22. The van der Waals surface area contributed by atoms with E-state index in [9.17, 15) is 9.59 Å². The maximum Gasteiger partial charge on any atom is 0.243 e. The normalized spacial score (nSPS) is 21.8. The zero-order chi connectivity index (χ0) is 17.9. The Balaban J connectivity index is 2.31. The van der Waals surface area contributed by atoms with Crippen molar-refractivity contribution in [1.82, 2.24) is 10.2 Å². The smallest absolute Gasteiger partial charge is 0.243 e. The molecule has 0 bridgehead atoms. The molecular formula is C18H25ClN2O2S. The van der Waals surface area contributed by atoms with Crippen LogP contribution in [0.3, 0.4) is 0 Å². The number of benzene rings is 1. The molecule has 1 saturated heterocycles. The van der Waals surface area contributed by atoms with Crippen molar-refractivity contribution in [2.45, 2.75) is 51.6 Å². The van der Waals surface area contributed by atoms with E-state index in [0.29, 0.717) is 10.8 Å². The van der Waals surface area contributed by atoms with Gasteiger partial charge < -0.3 is 10.2 Å². The Morgan fingerprint density at radius 2 is 2.00 bits per heavy atom. The summed E-state index contributed by atoms with van der Waals surface area (Å²) in [4.78, 5) is 27.2. The second kappa shape index (κ2) is 8.26. The third kappa shape index (κ3) is 4.06. The Hall–Kier alpha value is -1.20. The van der Waals surface area contributed by atoms with Crippen LogP contribution in [-0.4, -0.2) is 34.6 Å². The highest BCUT2D eigenvalue weighted by Gasteiger charge is 2.43. The van der Waals surface area contributed by atoms with E-state index in [1.54, 1.807) is 16.7 Å². The maximum absolute atomic E-state index is 12.8. The van der Waals surface area contributed by atoms with Gasteiger partial charge in [-0.3, -0.25) is 9.59 Å². The zero-order valence-electron chi connectivity index (χ0n) is 14.6. The first-order valence-electron chi connectivity index (χ1n) is 8.35. The van der Waals surface area contributed by atoms with Crippen LogP contribution in [0.2, 0.25) is 5.02 Å². The summed E-state index contributed by atoms with van der Waals surface area (Å²) in [7, 11) is 0. The summed E-state index contributed by atoms with van der Waals surface area (Å²) in [6.07, 6.45) is 0.859. The number of amides is 2. The van der Waals surface area contributed by atoms with Gasteiger partial charge in [0.05, 0.1) is 0 Å². The number of halogens is 1. The molecule has 0 unspecified atom stereocenters. The molecule has 4 nitrogen and oxygen atoms in total. The van der Waals surface area contributed by atoms with Crippen LogP contribution in [0.1, 0.15) is 45.1 Å². The fourth-order valence-electron chi connectivity index (χ4n) is 2.63. The van der Waals surface area contributed by atoms with Crippen LogP contribution in [0.4, 0.5) is 0 Å². The molecule has 1 heterocycles. The van der Waals surface area contributed by atoms with E-state index in [0.717, 1.165) is 12.0 Å². The van der Waals surface area contributed by atoms with Crippen molar-refractivity contribution >= 4 is 35.2 Å². The van der Waals surface area contributed by atoms with E-state index < -0.39 is 6.04 Å². The maximum atomic E-state index is 12.8. The number of thioether (sulfide) groups is 1. The van der Waals surface area contributed by atoms with Gasteiger partial charge in [0.15, 0.2) is 0 Å². The molecule has 1 N–H and O–H groups in total. The minimum atomic E-state index is -0.458. The number of nitrogens with one attached hydrogen (secondary N) is 1. The van der Waals surface area contributed by atoms with Gasteiger partial charge in [0, 0.05) is 28.3 Å². The minimum absolute atomic E-state index is 0.0192. The number of nitrogens with zero attached hydrogens (tertiary/aromatic N) is 1. The molecule has 1 aromatic carbocycles. The van der Waals surface area contributed by atoms with Gasteiger partial charge in [0.2, 0.25) is 11.8 Å². The van der Waals surface area contributed by atoms with Crippen molar-refractivity contribution in [3.8, 4) is 0 Å². The van der Waals surface area contributed by atoms with Gasteiger partial charge in [-0.25, -0.2) is 0 Å². The van der Waals surface area contributed by atoms with Crippen molar-refractivity contribution in [3.05, 3.63) is 34.9 Å². The predicted octanol–water partition coefficient (Wildman–Crippen LogP) is 3.85. The van der Waals surface area contributed by atoms with Gasteiger partial charge in [-0.2, -0.15) is 0 Å². The molecule has 0 saturated carbocycles. The highest BCUT2D eigenvalue weighted by molar-refractivity contribution is 7.99. The van der Waals surface area contributed by atoms with Crippen LogP contribution in [0.25, 0.3) is 0 Å². The predicted molar refractivity (Wildman–Crippen MR) is 100 cm³/mol. The lowest BCUT2D eigenvalue weighted by Crippen LogP contribution is -2.50. The van der Waals surface area contributed by atoms with Crippen LogP contribution < -0.4 is 5.32 Å². The van der Waals surface area contributed by atoms with Crippen molar-refractivity contribution in [2.75, 3.05) is 5.75 Å². The Morgan fingerprint density at radius 1 is 1.33 bits per heavy atom. The minimum Gasteiger partial charge on any atom is -0.352 e. The summed E-state index contributed by atoms with van der Waals surface area (Å²) >= 11 is 7.93. The van der Waals surface area contributed by atoms with E-state index in [-0.39, 0.29) is 29.1 Å². The first-order chi connectivity index (χ1) is 11.4. The SMILES string of the molecule is CC[C@@H](C)NC(=O)[C@@H]1CS[C@H](c2ccccc2Cl)N1C(=O)C(C)C. The van der Waals surface area contributed by atoms with Crippen LogP contribution in [-0.2, 0) is 9.59 Å². The molecule has 1 fully saturated rings. The fraction of sp³-hybridized carbons (Fsp3) is 0.556. The first kappa shape index (κ1) is 19.1. The molecule has 132 valence electrons. The fourth-order valence-corrected chi connectivity index (χ4v) is 4.41. The highest BCUT2D eigenvalue weighted by Crippen LogP contribution is 2.44. The van der Waals surface area contributed by atoms with E-state index in [4.69, 9.17) is 11.6 Å². The molecule has 2 amide bonds. The van der Waals surface area contributed by atoms with E-state index >= 15 is 0 Å². The van der Waals surface area contributed by atoms with Gasteiger partial charge in [-0.05, 0) is 19.4 Å². The van der Waals surface area contributed by atoms with Gasteiger partial charge in [0.1, 0.15) is 11.4 Å². The standard InChI is InChI=1S/C18H25ClN2O2S/c1-5-12(4)20-16(22)15-10-24-18(21(15)17(23)11(2)3)13-8-6-7-9-14(13)19/h6-9,11-12,15,18H,5,10H2,1-4H3,(H,20,22)/t12-,15+,18-/m1/s1. The van der Waals surface area contributed by atoms with Crippen molar-refractivity contribution in [3.63, 3.8) is 0 Å². The van der Waals surface area contributed by atoms with Gasteiger partial charge >= 0.3 is 0 Å². The average Bonchev–Trinajstić information content (AvgIpc) is 2.98. The van der Waals surface area contributed by atoms with Crippen LogP contribution >= 0.6 is 23.4 Å². The Bertz CT molecular complexity index is 608. The second-order valence-corrected chi connectivity index (χ2v) is 7.96. The molecule has 0 aromatic heterocycles. The topological polar surface area (TPSA) is 49.4 Å². The number of hydrogen-bond acceptors (Lipinski definition) is 3. The lowest BCUT2D eigenvalue weighted by atomic mass is 10.1. The molecule has 1 aliphatic rings. The molecule has 0 spiro atoms. The summed E-state index contributed by atoms with van der Waals surface area (Å²) in [5, 5.41) is 3.41. The lowest BCUT2D eigenvalue weighted by Gasteiger charge is -2.31. The van der Waals surface area contributed by atoms with Gasteiger partial charge in [-0.1, -0.05) is 50.6 Å². The van der Waals surface area contributed by atoms with Crippen molar-refractivity contribution in [2.24, 2.45) is 5.92 Å². The quantitative estimate of drug-likeness (QED) is 0.858. The highest BCUT2D eigenvalue weighted by atomic mass is 35.5. The Labute approximate surface area is 153 Å². The largest absolute Gasteiger partial charge is 0.352 e. The molecule has 3 atom stereocenters. The lowest BCUT2D eigenvalue weighted by molar-refractivity contribution is -0.142. The van der Waals surface area contributed by atoms with Crippen LogP contribution in [0, 0.1) is 5.92 Å². The molecular weight excluding hydrogens is 344 g/mol. The average molecular weight is 369 g/mol. The summed E-state index contributed by atoms with van der Waals surface area (Å²) < 4.78 is 0. The van der Waals surface area contributed by atoms with E-state index in [1.807, 2.05) is 52.0 Å². The molecule has 0 radical (unpaired) electrons. The summed E-state index contributed by atoms with van der Waals surface area (Å²) in [6, 6.07) is 7.16. The molecule has 1 aromatic rings. The number of carbonyl (C=O) groups is 2. The first-order valence-corrected chi connectivity index (χ1v) is 9.78. The Kier molecular flexibility index (Phi) is 6.58. The van der Waals surface area contributed by atoms with Crippen molar-refractivity contribution in [1.29, 1.82) is 0 Å². The molecule has 2 rings (SSSR count). The monoisotopic (exact) mass is 368 g/mol. The molecule has 24 heavy (non-hydrogen) atoms. The van der Waals surface area contributed by atoms with Gasteiger partial charge in [-0.15, -0.1) is 11.8 Å². The van der Waals surface area contributed by atoms with E-state index in [1.165, 1.54) is 0 Å². The second-order valence-electron chi connectivity index (χ2n) is 6.44. The number of hydrogen-bond donors (Lipinski definition) is 1. The number of carbonyl (C=O) groups excluding carboxylic acids is 2. The van der Waals surface area contributed by atoms with E-state index in [2.05, 4.69) is 5.32 Å². The molecule has 6 heteroatoms. The Morgan fingerprint density at radius 3 is 2.58 bits per heavy atom. The van der Waals surface area contributed by atoms with Crippen molar-refractivity contribution < 1.29 is 9.59 Å². The number of rotatable bonds is 5. The van der Waals surface area contributed by atoms with Crippen LogP contribution in [0.5, 0.6) is 0 Å². The molecule has 0 aliphatic carbocycles. The molecule has 1 aliphatic heterocycles.